The van der Waals surface area contributed by atoms with E-state index in [1.165, 1.54) is 17.3 Å². The Hall–Kier alpha value is -2.11. The summed E-state index contributed by atoms with van der Waals surface area (Å²) in [6.07, 6.45) is 0.939. The van der Waals surface area contributed by atoms with Crippen LogP contribution in [0.1, 0.15) is 36.7 Å². The van der Waals surface area contributed by atoms with Crippen LogP contribution in [0.4, 0.5) is 0 Å². The van der Waals surface area contributed by atoms with Crippen LogP contribution in [-0.4, -0.2) is 21.1 Å². The van der Waals surface area contributed by atoms with Crippen LogP contribution in [-0.2, 0) is 13.0 Å². The van der Waals surface area contributed by atoms with Crippen LogP contribution in [0.3, 0.4) is 0 Å². The molecule has 2 aromatic carbocycles. The van der Waals surface area contributed by atoms with Gasteiger partial charge in [-0.1, -0.05) is 68.4 Å². The molecule has 3 rings (SSSR count). The van der Waals surface area contributed by atoms with Crippen molar-refractivity contribution in [1.29, 1.82) is 0 Å². The second-order valence-corrected chi connectivity index (χ2v) is 8.51. The second kappa shape index (κ2) is 8.93. The number of hydrogen-bond donors (Lipinski definition) is 0. The van der Waals surface area contributed by atoms with Crippen LogP contribution in [0.5, 0.6) is 0 Å². The predicted molar refractivity (Wildman–Crippen MR) is 117 cm³/mol. The van der Waals surface area contributed by atoms with E-state index in [0.717, 1.165) is 6.42 Å². The lowest BCUT2D eigenvalue weighted by Crippen LogP contribution is -2.25. The fourth-order valence-corrected chi connectivity index (χ4v) is 4.02. The highest BCUT2D eigenvalue weighted by Crippen LogP contribution is 2.22. The van der Waals surface area contributed by atoms with Gasteiger partial charge in [-0.3, -0.25) is 14.2 Å². The van der Waals surface area contributed by atoms with E-state index >= 15 is 0 Å². The summed E-state index contributed by atoms with van der Waals surface area (Å²) in [6.45, 7) is 6.73. The second-order valence-electron chi connectivity index (χ2n) is 7.13. The van der Waals surface area contributed by atoms with Crippen LogP contribution in [0.25, 0.3) is 10.9 Å². The number of benzene rings is 2. The number of nitrogens with zero attached hydrogens (tertiary/aromatic N) is 2. The topological polar surface area (TPSA) is 52.0 Å². The first-order chi connectivity index (χ1) is 13.4. The smallest absolute Gasteiger partial charge is 0.262 e. The molecule has 0 N–H and O–H groups in total. The van der Waals surface area contributed by atoms with Crippen LogP contribution < -0.4 is 5.56 Å². The number of ketones is 1. The summed E-state index contributed by atoms with van der Waals surface area (Å²) in [5.41, 5.74) is 2.33. The van der Waals surface area contributed by atoms with Crippen molar-refractivity contribution in [2.45, 2.75) is 38.9 Å². The molecule has 0 bridgehead atoms. The number of thioether (sulfide) groups is 1. The molecule has 0 aliphatic rings. The SMILES string of the molecule is CCc1ccc(C(=O)CSc2nc3cc(Cl)ccc3c(=O)n2CC(C)C)cc1. The monoisotopic (exact) mass is 414 g/mol. The molecule has 0 fully saturated rings. The fraction of sp³-hybridized carbons (Fsp3) is 0.318. The zero-order valence-corrected chi connectivity index (χ0v) is 17.8. The van der Waals surface area contributed by atoms with Gasteiger partial charge in [-0.15, -0.1) is 0 Å². The normalized spacial score (nSPS) is 11.3. The van der Waals surface area contributed by atoms with Crippen molar-refractivity contribution >= 4 is 40.0 Å². The Morgan fingerprint density at radius 1 is 1.18 bits per heavy atom. The van der Waals surface area contributed by atoms with E-state index in [9.17, 15) is 9.59 Å². The van der Waals surface area contributed by atoms with Crippen molar-refractivity contribution in [1.82, 2.24) is 9.55 Å². The highest BCUT2D eigenvalue weighted by Gasteiger charge is 2.15. The lowest BCUT2D eigenvalue weighted by molar-refractivity contribution is 0.102. The van der Waals surface area contributed by atoms with Gasteiger partial charge in [0.2, 0.25) is 0 Å². The maximum atomic E-state index is 13.0. The summed E-state index contributed by atoms with van der Waals surface area (Å²) in [7, 11) is 0. The van der Waals surface area contributed by atoms with Crippen molar-refractivity contribution in [2.75, 3.05) is 5.75 Å². The Kier molecular flexibility index (Phi) is 6.57. The van der Waals surface area contributed by atoms with Crippen LogP contribution in [0, 0.1) is 5.92 Å². The number of aryl methyl sites for hydroxylation is 1. The van der Waals surface area contributed by atoms with Crippen LogP contribution in [0.2, 0.25) is 5.02 Å². The molecule has 28 heavy (non-hydrogen) atoms. The Balaban J connectivity index is 1.91. The maximum absolute atomic E-state index is 13.0. The van der Waals surface area contributed by atoms with Gasteiger partial charge in [-0.25, -0.2) is 4.98 Å². The van der Waals surface area contributed by atoms with Crippen LogP contribution in [0.15, 0.2) is 52.4 Å². The molecular weight excluding hydrogens is 392 g/mol. The highest BCUT2D eigenvalue weighted by atomic mass is 35.5. The van der Waals surface area contributed by atoms with E-state index in [0.29, 0.717) is 33.2 Å². The van der Waals surface area contributed by atoms with E-state index < -0.39 is 0 Å². The number of Topliss-reactive ketones (excluding diaryl/α,β-unsaturated/α-hetero) is 1. The molecule has 3 aromatic rings. The minimum Gasteiger partial charge on any atom is -0.293 e. The molecule has 0 amide bonds. The molecule has 0 aliphatic heterocycles. The average molecular weight is 415 g/mol. The summed E-state index contributed by atoms with van der Waals surface area (Å²) < 4.78 is 1.67. The third kappa shape index (κ3) is 4.65. The summed E-state index contributed by atoms with van der Waals surface area (Å²) in [4.78, 5) is 30.2. The molecular formula is C22H23ClN2O2S. The minimum absolute atomic E-state index is 0.0178. The quantitative estimate of drug-likeness (QED) is 0.301. The summed E-state index contributed by atoms with van der Waals surface area (Å²) in [6, 6.07) is 12.8. The summed E-state index contributed by atoms with van der Waals surface area (Å²) >= 11 is 7.37. The molecule has 0 spiro atoms. The average Bonchev–Trinajstić information content (AvgIpc) is 2.68. The van der Waals surface area contributed by atoms with Gasteiger partial charge in [-0.05, 0) is 36.1 Å². The third-order valence-electron chi connectivity index (χ3n) is 4.45. The zero-order valence-electron chi connectivity index (χ0n) is 16.2. The van der Waals surface area contributed by atoms with E-state index in [1.54, 1.807) is 22.8 Å². The van der Waals surface area contributed by atoms with Crippen molar-refractivity contribution in [3.8, 4) is 0 Å². The molecule has 6 heteroatoms. The van der Waals surface area contributed by atoms with Crippen molar-refractivity contribution in [3.05, 3.63) is 69.0 Å². The van der Waals surface area contributed by atoms with E-state index in [2.05, 4.69) is 11.9 Å². The Bertz CT molecular complexity index is 1060. The molecule has 0 saturated carbocycles. The first kappa shape index (κ1) is 20.6. The third-order valence-corrected chi connectivity index (χ3v) is 5.66. The fourth-order valence-electron chi connectivity index (χ4n) is 2.95. The van der Waals surface area contributed by atoms with E-state index in [1.807, 2.05) is 38.1 Å². The molecule has 0 atom stereocenters. The van der Waals surface area contributed by atoms with Crippen molar-refractivity contribution in [3.63, 3.8) is 0 Å². The number of carbonyl (C=O) groups is 1. The molecule has 4 nitrogen and oxygen atoms in total. The van der Waals surface area contributed by atoms with Crippen LogP contribution >= 0.6 is 23.4 Å². The van der Waals surface area contributed by atoms with Gasteiger partial charge in [0, 0.05) is 17.1 Å². The maximum Gasteiger partial charge on any atom is 0.262 e. The Morgan fingerprint density at radius 2 is 1.89 bits per heavy atom. The minimum atomic E-state index is -0.0994. The first-order valence-corrected chi connectivity index (χ1v) is 10.7. The number of carbonyl (C=O) groups excluding carboxylic acids is 1. The van der Waals surface area contributed by atoms with E-state index in [4.69, 9.17) is 11.6 Å². The predicted octanol–water partition coefficient (Wildman–Crippen LogP) is 5.24. The van der Waals surface area contributed by atoms with Crippen molar-refractivity contribution in [2.24, 2.45) is 5.92 Å². The molecule has 0 saturated heterocycles. The highest BCUT2D eigenvalue weighted by molar-refractivity contribution is 7.99. The van der Waals surface area contributed by atoms with Crippen molar-refractivity contribution < 1.29 is 4.79 Å². The van der Waals surface area contributed by atoms with Gasteiger partial charge in [0.25, 0.3) is 5.56 Å². The van der Waals surface area contributed by atoms with Gasteiger partial charge in [0.05, 0.1) is 16.7 Å². The number of aromatic nitrogens is 2. The summed E-state index contributed by atoms with van der Waals surface area (Å²) in [5.74, 6) is 0.521. The zero-order chi connectivity index (χ0) is 20.3. The van der Waals surface area contributed by atoms with Gasteiger partial charge >= 0.3 is 0 Å². The van der Waals surface area contributed by atoms with Gasteiger partial charge in [-0.2, -0.15) is 0 Å². The lowest BCUT2D eigenvalue weighted by Gasteiger charge is -2.15. The molecule has 146 valence electrons. The number of rotatable bonds is 7. The van der Waals surface area contributed by atoms with Gasteiger partial charge in [0.1, 0.15) is 0 Å². The molecule has 1 aromatic heterocycles. The first-order valence-electron chi connectivity index (χ1n) is 9.34. The lowest BCUT2D eigenvalue weighted by atomic mass is 10.1. The van der Waals surface area contributed by atoms with Gasteiger partial charge < -0.3 is 0 Å². The molecule has 0 radical (unpaired) electrons. The number of halogens is 1. The number of fused-ring (bicyclic) bond motifs is 1. The van der Waals surface area contributed by atoms with Gasteiger partial charge in [0.15, 0.2) is 10.9 Å². The summed E-state index contributed by atoms with van der Waals surface area (Å²) in [5, 5.41) is 1.62. The number of hydrogen-bond acceptors (Lipinski definition) is 4. The standard InChI is InChI=1S/C22H23ClN2O2S/c1-4-15-5-7-16(8-6-15)20(26)13-28-22-24-19-11-17(23)9-10-18(19)21(27)25(22)12-14(2)3/h5-11,14H,4,12-13H2,1-3H3. The largest absolute Gasteiger partial charge is 0.293 e. The van der Waals surface area contributed by atoms with E-state index in [-0.39, 0.29) is 23.0 Å². The Labute approximate surface area is 173 Å². The molecule has 0 unspecified atom stereocenters. The molecule has 0 aliphatic carbocycles. The molecule has 1 heterocycles. The Morgan fingerprint density at radius 3 is 2.54 bits per heavy atom.